The van der Waals surface area contributed by atoms with Crippen molar-refractivity contribution in [2.75, 3.05) is 13.2 Å². The third-order valence-corrected chi connectivity index (χ3v) is 1.60. The van der Waals surface area contributed by atoms with Gasteiger partial charge in [0.25, 0.3) is 0 Å². The Morgan fingerprint density at radius 3 is 2.07 bits per heavy atom. The Balaban J connectivity index is 3.99. The largest absolute Gasteiger partial charge is 0.394 e. The predicted octanol–water partition coefficient (Wildman–Crippen LogP) is -2.02. The Labute approximate surface area is 82.3 Å². The van der Waals surface area contributed by atoms with Gasteiger partial charge in [-0.3, -0.25) is 9.59 Å². The molecule has 0 heterocycles. The van der Waals surface area contributed by atoms with Crippen molar-refractivity contribution >= 4 is 11.8 Å². The zero-order valence-corrected chi connectivity index (χ0v) is 8.28. The first-order valence-corrected chi connectivity index (χ1v) is 4.30. The molecule has 1 unspecified atom stereocenters. The lowest BCUT2D eigenvalue weighted by Crippen LogP contribution is -2.49. The van der Waals surface area contributed by atoms with Crippen molar-refractivity contribution in [3.05, 3.63) is 0 Å². The molecule has 82 valence electrons. The van der Waals surface area contributed by atoms with Crippen LogP contribution in [0.25, 0.3) is 0 Å². The van der Waals surface area contributed by atoms with Crippen LogP contribution in [-0.4, -0.2) is 47.3 Å². The van der Waals surface area contributed by atoms with Gasteiger partial charge in [-0.2, -0.15) is 0 Å². The van der Waals surface area contributed by atoms with Crippen LogP contribution in [-0.2, 0) is 9.59 Å². The standard InChI is InChI=1S/C8H16N2O4/c1-5(9-6(2)13)8(14)10-7(3-11)4-12/h5,7,11-12H,3-4H2,1-2H3,(H,9,13)(H,10,14). The van der Waals surface area contributed by atoms with Gasteiger partial charge in [0.2, 0.25) is 11.8 Å². The monoisotopic (exact) mass is 204 g/mol. The molecule has 0 aromatic rings. The van der Waals surface area contributed by atoms with Crippen LogP contribution in [0.5, 0.6) is 0 Å². The molecule has 6 nitrogen and oxygen atoms in total. The molecule has 1 atom stereocenters. The van der Waals surface area contributed by atoms with Crippen LogP contribution < -0.4 is 10.6 Å². The fourth-order valence-corrected chi connectivity index (χ4v) is 0.846. The third kappa shape index (κ3) is 4.78. The van der Waals surface area contributed by atoms with Crippen LogP contribution in [0.4, 0.5) is 0 Å². The van der Waals surface area contributed by atoms with E-state index in [0.29, 0.717) is 0 Å². The molecular formula is C8H16N2O4. The number of aliphatic hydroxyl groups is 2. The number of amides is 2. The second-order valence-electron chi connectivity index (χ2n) is 2.99. The fraction of sp³-hybridized carbons (Fsp3) is 0.750. The first kappa shape index (κ1) is 12.9. The summed E-state index contributed by atoms with van der Waals surface area (Å²) < 4.78 is 0. The molecule has 2 amide bonds. The van der Waals surface area contributed by atoms with Crippen LogP contribution >= 0.6 is 0 Å². The van der Waals surface area contributed by atoms with Gasteiger partial charge in [0.1, 0.15) is 6.04 Å². The summed E-state index contributed by atoms with van der Waals surface area (Å²) >= 11 is 0. The molecule has 0 aliphatic rings. The van der Waals surface area contributed by atoms with E-state index in [1.807, 2.05) is 0 Å². The summed E-state index contributed by atoms with van der Waals surface area (Å²) in [6, 6.07) is -1.35. The van der Waals surface area contributed by atoms with Gasteiger partial charge < -0.3 is 20.8 Å². The van der Waals surface area contributed by atoms with E-state index >= 15 is 0 Å². The number of hydrogen-bond donors (Lipinski definition) is 4. The van der Waals surface area contributed by atoms with Crippen molar-refractivity contribution in [1.82, 2.24) is 10.6 Å². The Hall–Kier alpha value is -1.14. The van der Waals surface area contributed by atoms with E-state index in [-0.39, 0.29) is 19.1 Å². The van der Waals surface area contributed by atoms with Gasteiger partial charge in [-0.15, -0.1) is 0 Å². The Bertz CT molecular complexity index is 204. The first-order valence-electron chi connectivity index (χ1n) is 4.30. The van der Waals surface area contributed by atoms with E-state index in [4.69, 9.17) is 10.2 Å². The minimum absolute atomic E-state index is 0.308. The summed E-state index contributed by atoms with van der Waals surface area (Å²) in [6.07, 6.45) is 0. The van der Waals surface area contributed by atoms with E-state index in [0.717, 1.165) is 0 Å². The average Bonchev–Trinajstić information content (AvgIpc) is 2.12. The van der Waals surface area contributed by atoms with Crippen molar-refractivity contribution in [3.8, 4) is 0 Å². The Kier molecular flexibility index (Phi) is 5.82. The maximum absolute atomic E-state index is 11.3. The molecule has 0 aliphatic carbocycles. The highest BCUT2D eigenvalue weighted by atomic mass is 16.3. The SMILES string of the molecule is CC(=O)NC(C)C(=O)NC(CO)CO. The molecule has 4 N–H and O–H groups in total. The minimum atomic E-state index is -0.682. The number of rotatable bonds is 5. The van der Waals surface area contributed by atoms with E-state index in [9.17, 15) is 9.59 Å². The zero-order chi connectivity index (χ0) is 11.1. The molecule has 0 bridgehead atoms. The maximum atomic E-state index is 11.3. The van der Waals surface area contributed by atoms with E-state index in [2.05, 4.69) is 10.6 Å². The average molecular weight is 204 g/mol. The van der Waals surface area contributed by atoms with Crippen LogP contribution in [0.3, 0.4) is 0 Å². The van der Waals surface area contributed by atoms with Crippen molar-refractivity contribution < 1.29 is 19.8 Å². The summed E-state index contributed by atoms with van der Waals surface area (Å²) in [5.41, 5.74) is 0. The second-order valence-corrected chi connectivity index (χ2v) is 2.99. The van der Waals surface area contributed by atoms with E-state index in [1.165, 1.54) is 13.8 Å². The third-order valence-electron chi connectivity index (χ3n) is 1.60. The topological polar surface area (TPSA) is 98.7 Å². The van der Waals surface area contributed by atoms with Gasteiger partial charge in [0.05, 0.1) is 19.3 Å². The predicted molar refractivity (Wildman–Crippen MR) is 49.4 cm³/mol. The maximum Gasteiger partial charge on any atom is 0.242 e. The summed E-state index contributed by atoms with van der Waals surface area (Å²) in [5, 5.41) is 22.1. The normalized spacial score (nSPS) is 12.4. The highest BCUT2D eigenvalue weighted by molar-refractivity contribution is 5.86. The smallest absolute Gasteiger partial charge is 0.242 e. The molecular weight excluding hydrogens is 188 g/mol. The van der Waals surface area contributed by atoms with Gasteiger partial charge in [-0.05, 0) is 6.92 Å². The highest BCUT2D eigenvalue weighted by Crippen LogP contribution is 1.86. The molecule has 14 heavy (non-hydrogen) atoms. The lowest BCUT2D eigenvalue weighted by atomic mass is 10.2. The summed E-state index contributed by atoms with van der Waals surface area (Å²) in [4.78, 5) is 21.9. The molecule has 0 aromatic heterocycles. The molecule has 0 fully saturated rings. The Morgan fingerprint density at radius 1 is 1.21 bits per heavy atom. The lowest BCUT2D eigenvalue weighted by Gasteiger charge is -2.17. The molecule has 0 aromatic carbocycles. The van der Waals surface area contributed by atoms with E-state index < -0.39 is 18.0 Å². The first-order chi connectivity index (χ1) is 6.51. The number of nitrogens with one attached hydrogen (secondary N) is 2. The van der Waals surface area contributed by atoms with Gasteiger partial charge >= 0.3 is 0 Å². The van der Waals surface area contributed by atoms with Crippen LogP contribution in [0.15, 0.2) is 0 Å². The van der Waals surface area contributed by atoms with Crippen molar-refractivity contribution in [3.63, 3.8) is 0 Å². The molecule has 0 aliphatic heterocycles. The molecule has 0 saturated carbocycles. The molecule has 0 radical (unpaired) electrons. The summed E-state index contributed by atoms with van der Waals surface area (Å²) in [7, 11) is 0. The van der Waals surface area contributed by atoms with Crippen LogP contribution in [0, 0.1) is 0 Å². The summed E-state index contributed by atoms with van der Waals surface area (Å²) in [5.74, 6) is -0.745. The number of hydrogen-bond acceptors (Lipinski definition) is 4. The lowest BCUT2D eigenvalue weighted by molar-refractivity contribution is -0.128. The van der Waals surface area contributed by atoms with Crippen molar-refractivity contribution in [2.45, 2.75) is 25.9 Å². The number of aliphatic hydroxyl groups excluding tert-OH is 2. The van der Waals surface area contributed by atoms with Gasteiger partial charge in [-0.25, -0.2) is 0 Å². The van der Waals surface area contributed by atoms with Gasteiger partial charge in [0.15, 0.2) is 0 Å². The summed E-state index contributed by atoms with van der Waals surface area (Å²) in [6.45, 7) is 2.14. The zero-order valence-electron chi connectivity index (χ0n) is 8.28. The highest BCUT2D eigenvalue weighted by Gasteiger charge is 2.16. The fourth-order valence-electron chi connectivity index (χ4n) is 0.846. The van der Waals surface area contributed by atoms with Gasteiger partial charge in [-0.1, -0.05) is 0 Å². The Morgan fingerprint density at radius 2 is 1.71 bits per heavy atom. The molecule has 0 spiro atoms. The van der Waals surface area contributed by atoms with Gasteiger partial charge in [0, 0.05) is 6.92 Å². The van der Waals surface area contributed by atoms with E-state index in [1.54, 1.807) is 0 Å². The molecule has 0 rings (SSSR count). The van der Waals surface area contributed by atoms with Crippen molar-refractivity contribution in [1.29, 1.82) is 0 Å². The second kappa shape index (κ2) is 6.33. The number of carbonyl (C=O) groups excluding carboxylic acids is 2. The van der Waals surface area contributed by atoms with Crippen LogP contribution in [0.1, 0.15) is 13.8 Å². The van der Waals surface area contributed by atoms with Crippen LogP contribution in [0.2, 0.25) is 0 Å². The van der Waals surface area contributed by atoms with Crippen molar-refractivity contribution in [2.24, 2.45) is 0 Å². The quantitative estimate of drug-likeness (QED) is 0.415. The minimum Gasteiger partial charge on any atom is -0.394 e. The molecule has 0 saturated heterocycles. The molecule has 6 heteroatoms. The number of carbonyl (C=O) groups is 2.